The van der Waals surface area contributed by atoms with Gasteiger partial charge in [-0.25, -0.2) is 4.39 Å². The van der Waals surface area contributed by atoms with E-state index in [1.165, 1.54) is 33.8 Å². The molecule has 0 unspecified atom stereocenters. The summed E-state index contributed by atoms with van der Waals surface area (Å²) in [4.78, 5) is 26.7. The molecule has 1 fully saturated rings. The molecule has 2 aliphatic heterocycles. The Balaban J connectivity index is 1.52. The lowest BCUT2D eigenvalue weighted by Crippen LogP contribution is -2.54. The van der Waals surface area contributed by atoms with Gasteiger partial charge in [0.05, 0.1) is 31.2 Å². The molecular weight excluding hydrogens is 420 g/mol. The second-order valence-electron chi connectivity index (χ2n) is 7.85. The number of nitrogens with zero attached hydrogens (tertiary/aromatic N) is 4. The molecule has 1 N–H and O–H groups in total. The van der Waals surface area contributed by atoms with Gasteiger partial charge in [0.1, 0.15) is 5.82 Å². The predicted octanol–water partition coefficient (Wildman–Crippen LogP) is 1.99. The first-order chi connectivity index (χ1) is 14.6. The third-order valence-electron chi connectivity index (χ3n) is 5.67. The maximum absolute atomic E-state index is 13.5. The highest BCUT2D eigenvalue weighted by Crippen LogP contribution is 2.35. The highest BCUT2D eigenvalue weighted by Gasteiger charge is 2.41. The van der Waals surface area contributed by atoms with E-state index in [1.54, 1.807) is 4.90 Å². The molecule has 4 rings (SSSR count). The second kappa shape index (κ2) is 7.95. The molecule has 0 radical (unpaired) electrons. The number of hydrogen-bond donors (Lipinski definition) is 1. The first-order valence-corrected chi connectivity index (χ1v) is 9.75. The number of carboxylic acids is 1. The number of rotatable bonds is 5. The van der Waals surface area contributed by atoms with Crippen molar-refractivity contribution < 1.29 is 32.3 Å². The summed E-state index contributed by atoms with van der Waals surface area (Å²) >= 11 is 0. The number of fused-ring (bicyclic) bond motifs is 1. The van der Waals surface area contributed by atoms with Crippen LogP contribution in [-0.4, -0.2) is 62.7 Å². The molecule has 2 aliphatic rings. The standard InChI is InChI=1S/C20H20F4N4O3/c21-14-3-1-12(2-4-14)7-28-16-10-27(6-5-15(16)18(25-28)20(22,23)24)17(29)11-26-8-13(9-26)19(30)31/h1-4,13H,5-11H2,(H,30,31). The summed E-state index contributed by atoms with van der Waals surface area (Å²) < 4.78 is 54.9. The van der Waals surface area contributed by atoms with E-state index in [9.17, 15) is 27.2 Å². The number of amides is 1. The largest absolute Gasteiger partial charge is 0.481 e. The SMILES string of the molecule is O=C(O)C1CN(CC(=O)N2CCc3c(C(F)(F)F)nn(Cc4ccc(F)cc4)c3C2)C1. The van der Waals surface area contributed by atoms with Gasteiger partial charge in [-0.05, 0) is 24.1 Å². The maximum Gasteiger partial charge on any atom is 0.435 e. The first-order valence-electron chi connectivity index (χ1n) is 9.75. The van der Waals surface area contributed by atoms with Crippen LogP contribution < -0.4 is 0 Å². The van der Waals surface area contributed by atoms with Gasteiger partial charge < -0.3 is 10.0 Å². The van der Waals surface area contributed by atoms with Gasteiger partial charge in [-0.3, -0.25) is 19.2 Å². The van der Waals surface area contributed by atoms with E-state index in [2.05, 4.69) is 5.10 Å². The lowest BCUT2D eigenvalue weighted by Gasteiger charge is -2.38. The van der Waals surface area contributed by atoms with Crippen molar-refractivity contribution in [2.24, 2.45) is 5.92 Å². The van der Waals surface area contributed by atoms with Gasteiger partial charge in [-0.1, -0.05) is 12.1 Å². The number of halogens is 4. The van der Waals surface area contributed by atoms with Crippen LogP contribution in [0.3, 0.4) is 0 Å². The van der Waals surface area contributed by atoms with Gasteiger partial charge in [0.15, 0.2) is 5.69 Å². The van der Waals surface area contributed by atoms with Crippen LogP contribution in [-0.2, 0) is 35.3 Å². The molecule has 3 heterocycles. The van der Waals surface area contributed by atoms with E-state index in [0.29, 0.717) is 11.3 Å². The number of carbonyl (C=O) groups is 2. The Labute approximate surface area is 174 Å². The van der Waals surface area contributed by atoms with Crippen LogP contribution in [0.1, 0.15) is 22.5 Å². The van der Waals surface area contributed by atoms with Crippen molar-refractivity contribution in [1.29, 1.82) is 0 Å². The van der Waals surface area contributed by atoms with Crippen LogP contribution in [0.4, 0.5) is 17.6 Å². The van der Waals surface area contributed by atoms with Gasteiger partial charge in [0, 0.05) is 25.2 Å². The average Bonchev–Trinajstić information content (AvgIpc) is 3.04. The minimum Gasteiger partial charge on any atom is -0.481 e. The molecule has 0 aliphatic carbocycles. The number of alkyl halides is 3. The molecule has 0 saturated carbocycles. The molecule has 1 aromatic carbocycles. The van der Waals surface area contributed by atoms with Crippen molar-refractivity contribution in [2.75, 3.05) is 26.2 Å². The normalized spacial score (nSPS) is 17.4. The van der Waals surface area contributed by atoms with Crippen molar-refractivity contribution in [3.63, 3.8) is 0 Å². The number of hydrogen-bond acceptors (Lipinski definition) is 4. The summed E-state index contributed by atoms with van der Waals surface area (Å²) in [5.74, 6) is -2.12. The number of aromatic nitrogens is 2. The zero-order valence-corrected chi connectivity index (χ0v) is 16.4. The first kappa shape index (κ1) is 21.3. The van der Waals surface area contributed by atoms with Gasteiger partial charge >= 0.3 is 12.1 Å². The third kappa shape index (κ3) is 4.41. The van der Waals surface area contributed by atoms with Crippen molar-refractivity contribution in [3.05, 3.63) is 52.6 Å². The van der Waals surface area contributed by atoms with Crippen LogP contribution in [0, 0.1) is 11.7 Å². The quantitative estimate of drug-likeness (QED) is 0.720. The zero-order valence-electron chi connectivity index (χ0n) is 16.4. The van der Waals surface area contributed by atoms with E-state index in [4.69, 9.17) is 5.11 Å². The Morgan fingerprint density at radius 1 is 1.16 bits per heavy atom. The van der Waals surface area contributed by atoms with Crippen molar-refractivity contribution in [2.45, 2.75) is 25.7 Å². The maximum atomic E-state index is 13.5. The number of carbonyl (C=O) groups excluding carboxylic acids is 1. The van der Waals surface area contributed by atoms with Gasteiger partial charge in [-0.2, -0.15) is 18.3 Å². The molecule has 1 aromatic heterocycles. The van der Waals surface area contributed by atoms with E-state index < -0.39 is 29.6 Å². The van der Waals surface area contributed by atoms with Crippen LogP contribution in [0.5, 0.6) is 0 Å². The monoisotopic (exact) mass is 440 g/mol. The summed E-state index contributed by atoms with van der Waals surface area (Å²) in [6, 6.07) is 5.41. The Hall–Kier alpha value is -2.95. The summed E-state index contributed by atoms with van der Waals surface area (Å²) in [6.07, 6.45) is -4.59. The van der Waals surface area contributed by atoms with Crippen LogP contribution in [0.25, 0.3) is 0 Å². The lowest BCUT2D eigenvalue weighted by molar-refractivity contribution is -0.150. The fourth-order valence-electron chi connectivity index (χ4n) is 3.96. The predicted molar refractivity (Wildman–Crippen MR) is 99.4 cm³/mol. The van der Waals surface area contributed by atoms with Crippen LogP contribution >= 0.6 is 0 Å². The molecule has 0 bridgehead atoms. The molecular formula is C20H20F4N4O3. The number of aliphatic carboxylic acids is 1. The molecule has 1 saturated heterocycles. The van der Waals surface area contributed by atoms with Crippen molar-refractivity contribution in [3.8, 4) is 0 Å². The van der Waals surface area contributed by atoms with Crippen molar-refractivity contribution in [1.82, 2.24) is 19.6 Å². The summed E-state index contributed by atoms with van der Waals surface area (Å²) in [5, 5.41) is 12.7. The molecule has 166 valence electrons. The van der Waals surface area contributed by atoms with Gasteiger partial charge in [0.25, 0.3) is 0 Å². The molecule has 31 heavy (non-hydrogen) atoms. The molecule has 2 aromatic rings. The molecule has 7 nitrogen and oxygen atoms in total. The Kier molecular flexibility index (Phi) is 5.46. The van der Waals surface area contributed by atoms with Crippen LogP contribution in [0.2, 0.25) is 0 Å². The highest BCUT2D eigenvalue weighted by atomic mass is 19.4. The molecule has 0 spiro atoms. The second-order valence-corrected chi connectivity index (χ2v) is 7.85. The van der Waals surface area contributed by atoms with Crippen molar-refractivity contribution >= 4 is 11.9 Å². The fourth-order valence-corrected chi connectivity index (χ4v) is 3.96. The number of carboxylic acid groups (broad SMARTS) is 1. The topological polar surface area (TPSA) is 78.7 Å². The number of benzene rings is 1. The Morgan fingerprint density at radius 3 is 2.45 bits per heavy atom. The number of likely N-dealkylation sites (tertiary alicyclic amines) is 1. The molecule has 0 atom stereocenters. The minimum atomic E-state index is -4.62. The summed E-state index contributed by atoms with van der Waals surface area (Å²) in [5.41, 5.74) is 0.0183. The molecule has 1 amide bonds. The van der Waals surface area contributed by atoms with Gasteiger partial charge in [0.2, 0.25) is 5.91 Å². The minimum absolute atomic E-state index is 0.0192. The highest BCUT2D eigenvalue weighted by molar-refractivity contribution is 5.79. The Morgan fingerprint density at radius 2 is 1.84 bits per heavy atom. The summed E-state index contributed by atoms with van der Waals surface area (Å²) in [6.45, 7) is 0.717. The smallest absolute Gasteiger partial charge is 0.435 e. The van der Waals surface area contributed by atoms with E-state index >= 15 is 0 Å². The van der Waals surface area contributed by atoms with E-state index in [1.807, 2.05) is 0 Å². The van der Waals surface area contributed by atoms with E-state index in [0.717, 1.165) is 0 Å². The summed E-state index contributed by atoms with van der Waals surface area (Å²) in [7, 11) is 0. The lowest BCUT2D eigenvalue weighted by atomic mass is 10.00. The third-order valence-corrected chi connectivity index (χ3v) is 5.67. The molecule has 11 heteroatoms. The Bertz CT molecular complexity index is 997. The zero-order chi connectivity index (χ0) is 22.3. The van der Waals surface area contributed by atoms with E-state index in [-0.39, 0.29) is 57.2 Å². The average molecular weight is 440 g/mol. The fraction of sp³-hybridized carbons (Fsp3) is 0.450. The van der Waals surface area contributed by atoms with Gasteiger partial charge in [-0.15, -0.1) is 0 Å². The van der Waals surface area contributed by atoms with Crippen LogP contribution in [0.15, 0.2) is 24.3 Å².